The number of furan rings is 1. The lowest BCUT2D eigenvalue weighted by Crippen LogP contribution is -1.84. The molecule has 0 aliphatic carbocycles. The van der Waals surface area contributed by atoms with Gasteiger partial charge in [0.25, 0.3) is 0 Å². The summed E-state index contributed by atoms with van der Waals surface area (Å²) in [5.74, 6) is 0.616. The fourth-order valence-electron chi connectivity index (χ4n) is 0.529. The minimum atomic E-state index is -0.481. The molecular formula is C8H14O2. The number of aliphatic hydroxyl groups excluding tert-OH is 1. The van der Waals surface area contributed by atoms with Crippen molar-refractivity contribution in [3.63, 3.8) is 0 Å². The van der Waals surface area contributed by atoms with Crippen LogP contribution in [-0.2, 0) is 0 Å². The number of rotatable bonds is 1. The Bertz CT molecular complexity index is 142. The molecule has 0 aliphatic rings. The van der Waals surface area contributed by atoms with Crippen LogP contribution in [0.25, 0.3) is 0 Å². The smallest absolute Gasteiger partial charge is 0.131 e. The number of hydrogen-bond acceptors (Lipinski definition) is 2. The van der Waals surface area contributed by atoms with E-state index in [1.54, 1.807) is 25.3 Å². The first-order valence-electron chi connectivity index (χ1n) is 3.52. The Balaban J connectivity index is 0.000000371. The maximum absolute atomic E-state index is 8.82. The molecule has 1 heterocycles. The largest absolute Gasteiger partial charge is 0.467 e. The second kappa shape index (κ2) is 5.06. The maximum atomic E-state index is 8.82. The highest BCUT2D eigenvalue weighted by Crippen LogP contribution is 2.10. The van der Waals surface area contributed by atoms with E-state index in [2.05, 4.69) is 0 Å². The van der Waals surface area contributed by atoms with Crippen LogP contribution < -0.4 is 0 Å². The number of hydrogen-bond donors (Lipinski definition) is 1. The fourth-order valence-corrected chi connectivity index (χ4v) is 0.529. The zero-order valence-electron chi connectivity index (χ0n) is 6.66. The molecule has 1 N–H and O–H groups in total. The molecule has 0 radical (unpaired) electrons. The fraction of sp³-hybridized carbons (Fsp3) is 0.500. The van der Waals surface area contributed by atoms with Crippen molar-refractivity contribution in [3.8, 4) is 0 Å². The van der Waals surface area contributed by atoms with Gasteiger partial charge in [-0.2, -0.15) is 0 Å². The average Bonchev–Trinajstić information content (AvgIpc) is 2.42. The molecule has 0 aromatic carbocycles. The van der Waals surface area contributed by atoms with E-state index in [9.17, 15) is 0 Å². The van der Waals surface area contributed by atoms with E-state index >= 15 is 0 Å². The standard InChI is InChI=1S/C6H8O2.C2H6/c1-5(7)6-3-2-4-8-6;1-2/h2-5,7H,1H3;1-2H3. The van der Waals surface area contributed by atoms with Crippen LogP contribution in [0.1, 0.15) is 32.6 Å². The van der Waals surface area contributed by atoms with Gasteiger partial charge in [0, 0.05) is 0 Å². The van der Waals surface area contributed by atoms with Gasteiger partial charge in [-0.1, -0.05) is 13.8 Å². The molecule has 2 heteroatoms. The predicted octanol–water partition coefficient (Wildman–Crippen LogP) is 2.36. The highest BCUT2D eigenvalue weighted by atomic mass is 16.4. The molecule has 0 saturated heterocycles. The summed E-state index contributed by atoms with van der Waals surface area (Å²) in [4.78, 5) is 0. The predicted molar refractivity (Wildman–Crippen MR) is 40.7 cm³/mol. The van der Waals surface area contributed by atoms with Gasteiger partial charge in [0.1, 0.15) is 11.9 Å². The topological polar surface area (TPSA) is 33.4 Å². The average molecular weight is 142 g/mol. The Kier molecular flexibility index (Phi) is 4.67. The summed E-state index contributed by atoms with van der Waals surface area (Å²) in [6.07, 6.45) is 1.06. The Morgan fingerprint density at radius 1 is 1.50 bits per heavy atom. The molecule has 58 valence electrons. The van der Waals surface area contributed by atoms with Crippen LogP contribution in [0.15, 0.2) is 22.8 Å². The van der Waals surface area contributed by atoms with E-state index < -0.39 is 6.10 Å². The van der Waals surface area contributed by atoms with E-state index in [0.717, 1.165) is 0 Å². The van der Waals surface area contributed by atoms with E-state index in [1.807, 2.05) is 13.8 Å². The lowest BCUT2D eigenvalue weighted by molar-refractivity contribution is 0.169. The normalized spacial score (nSPS) is 11.6. The van der Waals surface area contributed by atoms with Crippen LogP contribution in [0.4, 0.5) is 0 Å². The summed E-state index contributed by atoms with van der Waals surface area (Å²) >= 11 is 0. The third-order valence-electron chi connectivity index (χ3n) is 0.955. The molecule has 0 bridgehead atoms. The van der Waals surface area contributed by atoms with Gasteiger partial charge in [0.15, 0.2) is 0 Å². The Hall–Kier alpha value is -0.760. The van der Waals surface area contributed by atoms with Crippen LogP contribution in [0.3, 0.4) is 0 Å². The van der Waals surface area contributed by atoms with Crippen molar-refractivity contribution in [2.24, 2.45) is 0 Å². The Morgan fingerprint density at radius 3 is 2.30 bits per heavy atom. The van der Waals surface area contributed by atoms with Crippen molar-refractivity contribution in [1.29, 1.82) is 0 Å². The maximum Gasteiger partial charge on any atom is 0.131 e. The van der Waals surface area contributed by atoms with Gasteiger partial charge in [-0.05, 0) is 19.1 Å². The minimum Gasteiger partial charge on any atom is -0.467 e. The van der Waals surface area contributed by atoms with Crippen LogP contribution in [0.5, 0.6) is 0 Å². The van der Waals surface area contributed by atoms with Gasteiger partial charge in [-0.15, -0.1) is 0 Å². The first-order valence-corrected chi connectivity index (χ1v) is 3.52. The molecule has 0 spiro atoms. The van der Waals surface area contributed by atoms with Gasteiger partial charge >= 0.3 is 0 Å². The Labute approximate surface area is 61.5 Å². The Morgan fingerprint density at radius 2 is 2.10 bits per heavy atom. The van der Waals surface area contributed by atoms with Gasteiger partial charge in [-0.25, -0.2) is 0 Å². The summed E-state index contributed by atoms with van der Waals surface area (Å²) in [5.41, 5.74) is 0. The van der Waals surface area contributed by atoms with Crippen molar-refractivity contribution in [2.45, 2.75) is 26.9 Å². The molecule has 1 atom stereocenters. The zero-order valence-corrected chi connectivity index (χ0v) is 6.66. The van der Waals surface area contributed by atoms with E-state index in [-0.39, 0.29) is 0 Å². The summed E-state index contributed by atoms with van der Waals surface area (Å²) in [6.45, 7) is 5.67. The van der Waals surface area contributed by atoms with E-state index in [1.165, 1.54) is 0 Å². The molecule has 0 saturated carbocycles. The quantitative estimate of drug-likeness (QED) is 0.653. The summed E-state index contributed by atoms with van der Waals surface area (Å²) < 4.78 is 4.84. The third-order valence-corrected chi connectivity index (χ3v) is 0.955. The molecule has 0 aliphatic heterocycles. The van der Waals surface area contributed by atoms with Crippen molar-refractivity contribution >= 4 is 0 Å². The van der Waals surface area contributed by atoms with Crippen LogP contribution in [0.2, 0.25) is 0 Å². The molecule has 0 fully saturated rings. The monoisotopic (exact) mass is 142 g/mol. The van der Waals surface area contributed by atoms with Crippen LogP contribution in [-0.4, -0.2) is 5.11 Å². The summed E-state index contributed by atoms with van der Waals surface area (Å²) in [6, 6.07) is 3.49. The zero-order chi connectivity index (χ0) is 7.98. The van der Waals surface area contributed by atoms with E-state index in [4.69, 9.17) is 9.52 Å². The first-order chi connectivity index (χ1) is 4.80. The molecule has 1 aromatic heterocycles. The lowest BCUT2D eigenvalue weighted by atomic mass is 10.3. The van der Waals surface area contributed by atoms with Crippen LogP contribution in [0, 0.1) is 0 Å². The van der Waals surface area contributed by atoms with Gasteiger partial charge in [0.2, 0.25) is 0 Å². The van der Waals surface area contributed by atoms with Crippen molar-refractivity contribution < 1.29 is 9.52 Å². The SMILES string of the molecule is CC.CC(O)c1ccco1. The number of aliphatic hydroxyl groups is 1. The molecule has 2 nitrogen and oxygen atoms in total. The second-order valence-electron chi connectivity index (χ2n) is 1.69. The van der Waals surface area contributed by atoms with Crippen LogP contribution >= 0.6 is 0 Å². The molecule has 1 rings (SSSR count). The molecule has 0 amide bonds. The van der Waals surface area contributed by atoms with Crippen molar-refractivity contribution in [1.82, 2.24) is 0 Å². The summed E-state index contributed by atoms with van der Waals surface area (Å²) in [7, 11) is 0. The lowest BCUT2D eigenvalue weighted by Gasteiger charge is -1.94. The third kappa shape index (κ3) is 2.69. The first kappa shape index (κ1) is 9.24. The van der Waals surface area contributed by atoms with Crippen molar-refractivity contribution in [3.05, 3.63) is 24.2 Å². The van der Waals surface area contributed by atoms with Gasteiger partial charge < -0.3 is 9.52 Å². The minimum absolute atomic E-state index is 0.481. The molecule has 1 aromatic rings. The highest BCUT2D eigenvalue weighted by molar-refractivity contribution is 4.99. The van der Waals surface area contributed by atoms with Gasteiger partial charge in [0.05, 0.1) is 6.26 Å². The van der Waals surface area contributed by atoms with E-state index in [0.29, 0.717) is 5.76 Å². The van der Waals surface area contributed by atoms with Gasteiger partial charge in [-0.3, -0.25) is 0 Å². The highest BCUT2D eigenvalue weighted by Gasteiger charge is 1.99. The molecule has 10 heavy (non-hydrogen) atoms. The second-order valence-corrected chi connectivity index (χ2v) is 1.69. The summed E-state index contributed by atoms with van der Waals surface area (Å²) in [5, 5.41) is 8.82. The molecular weight excluding hydrogens is 128 g/mol. The molecule has 1 unspecified atom stereocenters. The van der Waals surface area contributed by atoms with Crippen molar-refractivity contribution in [2.75, 3.05) is 0 Å².